The zero-order valence-electron chi connectivity index (χ0n) is 14.2. The average molecular weight is 455 g/mol. The fourth-order valence-electron chi connectivity index (χ4n) is 3.34. The predicted molar refractivity (Wildman–Crippen MR) is 101 cm³/mol. The van der Waals surface area contributed by atoms with E-state index in [2.05, 4.69) is 15.9 Å². The minimum Gasteiger partial charge on any atom is -0.374 e. The highest BCUT2D eigenvalue weighted by Crippen LogP contribution is 2.50. The molecule has 28 heavy (non-hydrogen) atoms. The van der Waals surface area contributed by atoms with E-state index in [9.17, 15) is 18.1 Å². The van der Waals surface area contributed by atoms with Crippen LogP contribution in [0.3, 0.4) is 0 Å². The number of nitroso groups, excluding NO2 is 1. The highest BCUT2D eigenvalue weighted by Gasteiger charge is 2.63. The molecule has 0 fully saturated rings. The Morgan fingerprint density at radius 2 is 1.89 bits per heavy atom. The molecule has 3 rings (SSSR count). The smallest absolute Gasteiger partial charge is 0.374 e. The Bertz CT molecular complexity index is 881. The van der Waals surface area contributed by atoms with Crippen molar-refractivity contribution in [1.82, 2.24) is 5.43 Å². The normalized spacial score (nSPS) is 27.5. The summed E-state index contributed by atoms with van der Waals surface area (Å²) in [5.41, 5.74) is -0.275. The second kappa shape index (κ2) is 7.57. The summed E-state index contributed by atoms with van der Waals surface area (Å²) in [6.45, 7) is 1.69. The number of halogens is 6. The molecule has 1 aliphatic carbocycles. The van der Waals surface area contributed by atoms with Gasteiger partial charge in [-0.25, -0.2) is 5.43 Å². The molecule has 2 aliphatic rings. The molecule has 0 radical (unpaired) electrons. The van der Waals surface area contributed by atoms with Gasteiger partial charge in [-0.2, -0.15) is 13.2 Å². The second-order valence-electron chi connectivity index (χ2n) is 6.47. The van der Waals surface area contributed by atoms with Crippen LogP contribution in [0.1, 0.15) is 18.9 Å². The van der Waals surface area contributed by atoms with E-state index in [0.29, 0.717) is 5.70 Å². The molecular weight excluding hydrogens is 442 g/mol. The quantitative estimate of drug-likeness (QED) is 0.443. The Balaban J connectivity index is 1.96. The molecule has 1 heterocycles. The summed E-state index contributed by atoms with van der Waals surface area (Å²) < 4.78 is 42.2. The average Bonchev–Trinajstić information content (AvgIpc) is 3.04. The molecule has 1 aromatic carbocycles. The molecule has 150 valence electrons. The lowest BCUT2D eigenvalue weighted by Crippen LogP contribution is -2.43. The van der Waals surface area contributed by atoms with E-state index >= 15 is 0 Å². The summed E-state index contributed by atoms with van der Waals surface area (Å²) in [7, 11) is 0. The lowest BCUT2D eigenvalue weighted by Gasteiger charge is -2.31. The van der Waals surface area contributed by atoms with Crippen LogP contribution >= 0.6 is 34.8 Å². The third-order valence-corrected chi connectivity index (χ3v) is 5.55. The minimum atomic E-state index is -4.78. The Labute approximate surface area is 173 Å². The maximum absolute atomic E-state index is 14.1. The van der Waals surface area contributed by atoms with Crippen molar-refractivity contribution >= 4 is 40.5 Å². The van der Waals surface area contributed by atoms with Crippen LogP contribution in [0.15, 0.2) is 51.5 Å². The zero-order chi connectivity index (χ0) is 20.7. The molecular formula is C17H13Cl3F3N3O2. The number of alkyl halides is 3. The first-order chi connectivity index (χ1) is 13.1. The van der Waals surface area contributed by atoms with E-state index in [-0.39, 0.29) is 26.4 Å². The van der Waals surface area contributed by atoms with Crippen molar-refractivity contribution in [3.63, 3.8) is 0 Å². The summed E-state index contributed by atoms with van der Waals surface area (Å²) in [5, 5.41) is 6.68. The Morgan fingerprint density at radius 3 is 2.46 bits per heavy atom. The largest absolute Gasteiger partial charge is 0.435 e. The summed E-state index contributed by atoms with van der Waals surface area (Å²) in [6.07, 6.45) is -2.26. The first kappa shape index (κ1) is 21.0. The van der Waals surface area contributed by atoms with Gasteiger partial charge in [0.1, 0.15) is 0 Å². The molecule has 0 spiro atoms. The minimum absolute atomic E-state index is 0.0485. The van der Waals surface area contributed by atoms with Gasteiger partial charge in [-0.3, -0.25) is 0 Å². The van der Waals surface area contributed by atoms with Gasteiger partial charge in [0.25, 0.3) is 5.60 Å². The van der Waals surface area contributed by atoms with Crippen molar-refractivity contribution in [3.8, 4) is 0 Å². The van der Waals surface area contributed by atoms with Crippen LogP contribution in [0.4, 0.5) is 13.2 Å². The maximum atomic E-state index is 14.1. The number of hydrogen-bond acceptors (Lipinski definition) is 4. The van der Waals surface area contributed by atoms with Gasteiger partial charge in [0, 0.05) is 33.9 Å². The molecule has 0 aromatic heterocycles. The summed E-state index contributed by atoms with van der Waals surface area (Å²) in [5.74, 6) is -1.05. The standard InChI is InChI=1S/C17H13Cl3F3N3O2/c1-8-12(2-3-13(20)15(8)24-26-27)14-7-16(28-25-14,17(21,22)23)9-4-10(18)6-11(19)5-9/h2-6,8,12H,7H2,1H3,(H,24,27)/t8?,12-,16?/m1/s1. The first-order valence-corrected chi connectivity index (χ1v) is 9.17. The Hall–Kier alpha value is -1.77. The van der Waals surface area contributed by atoms with Crippen molar-refractivity contribution in [3.05, 3.63) is 61.6 Å². The molecule has 11 heteroatoms. The van der Waals surface area contributed by atoms with Gasteiger partial charge < -0.3 is 4.84 Å². The van der Waals surface area contributed by atoms with E-state index in [1.165, 1.54) is 12.1 Å². The Morgan fingerprint density at radius 1 is 1.25 bits per heavy atom. The van der Waals surface area contributed by atoms with Crippen molar-refractivity contribution in [2.75, 3.05) is 0 Å². The van der Waals surface area contributed by atoms with Crippen LogP contribution in [-0.2, 0) is 10.4 Å². The molecule has 0 saturated heterocycles. The molecule has 1 N–H and O–H groups in total. The van der Waals surface area contributed by atoms with Crippen molar-refractivity contribution in [2.24, 2.45) is 22.3 Å². The maximum Gasteiger partial charge on any atom is 0.435 e. The number of rotatable bonds is 4. The van der Waals surface area contributed by atoms with Crippen LogP contribution in [-0.4, -0.2) is 11.9 Å². The van der Waals surface area contributed by atoms with Gasteiger partial charge in [-0.05, 0) is 24.3 Å². The van der Waals surface area contributed by atoms with Crippen LogP contribution in [0.25, 0.3) is 0 Å². The lowest BCUT2D eigenvalue weighted by atomic mass is 9.78. The van der Waals surface area contributed by atoms with E-state index in [0.717, 1.165) is 12.1 Å². The fourth-order valence-corrected chi connectivity index (χ4v) is 4.15. The van der Waals surface area contributed by atoms with E-state index < -0.39 is 30.0 Å². The highest BCUT2D eigenvalue weighted by atomic mass is 35.5. The summed E-state index contributed by atoms with van der Waals surface area (Å²) >= 11 is 17.8. The van der Waals surface area contributed by atoms with E-state index in [4.69, 9.17) is 39.6 Å². The summed E-state index contributed by atoms with van der Waals surface area (Å²) in [6, 6.07) is 3.63. The van der Waals surface area contributed by atoms with Crippen LogP contribution < -0.4 is 5.43 Å². The molecule has 1 aliphatic heterocycles. The molecule has 0 amide bonds. The van der Waals surface area contributed by atoms with Gasteiger partial charge in [0.2, 0.25) is 0 Å². The number of oxime groups is 1. The van der Waals surface area contributed by atoms with Gasteiger partial charge in [-0.15, -0.1) is 4.91 Å². The monoisotopic (exact) mass is 453 g/mol. The molecule has 5 nitrogen and oxygen atoms in total. The molecule has 1 aromatic rings. The van der Waals surface area contributed by atoms with Gasteiger partial charge in [0.05, 0.1) is 21.7 Å². The van der Waals surface area contributed by atoms with Crippen molar-refractivity contribution in [2.45, 2.75) is 25.1 Å². The van der Waals surface area contributed by atoms with Crippen molar-refractivity contribution < 1.29 is 18.0 Å². The summed E-state index contributed by atoms with van der Waals surface area (Å²) in [4.78, 5) is 15.6. The number of nitrogens with zero attached hydrogens (tertiary/aromatic N) is 2. The SMILES string of the molecule is CC1C(NN=O)=C(Cl)C=C[C@H]1C1=NOC(c2cc(Cl)cc(Cl)c2)(C(F)(F)F)C1. The number of hydrogen-bond donors (Lipinski definition) is 1. The number of nitrogens with one attached hydrogen (secondary N) is 1. The second-order valence-corrected chi connectivity index (χ2v) is 7.75. The van der Waals surface area contributed by atoms with Gasteiger partial charge >= 0.3 is 6.18 Å². The lowest BCUT2D eigenvalue weighted by molar-refractivity contribution is -0.275. The van der Waals surface area contributed by atoms with Gasteiger partial charge in [0.15, 0.2) is 0 Å². The van der Waals surface area contributed by atoms with E-state index in [1.54, 1.807) is 13.0 Å². The Kier molecular flexibility index (Phi) is 5.67. The first-order valence-electron chi connectivity index (χ1n) is 8.03. The predicted octanol–water partition coefficient (Wildman–Crippen LogP) is 6.07. The fraction of sp³-hybridized carbons (Fsp3) is 0.353. The topological polar surface area (TPSA) is 63.0 Å². The van der Waals surface area contributed by atoms with Crippen LogP contribution in [0, 0.1) is 16.7 Å². The van der Waals surface area contributed by atoms with Crippen LogP contribution in [0.5, 0.6) is 0 Å². The zero-order valence-corrected chi connectivity index (χ0v) is 16.5. The molecule has 2 unspecified atom stereocenters. The van der Waals surface area contributed by atoms with Gasteiger partial charge in [-0.1, -0.05) is 53.0 Å². The number of allylic oxidation sites excluding steroid dienone is 4. The molecule has 3 atom stereocenters. The third kappa shape index (κ3) is 3.60. The van der Waals surface area contributed by atoms with Crippen LogP contribution in [0.2, 0.25) is 10.0 Å². The van der Waals surface area contributed by atoms with Crippen molar-refractivity contribution in [1.29, 1.82) is 0 Å². The van der Waals surface area contributed by atoms with E-state index in [1.807, 2.05) is 0 Å². The highest BCUT2D eigenvalue weighted by molar-refractivity contribution is 6.34. The number of benzene rings is 1. The molecule has 0 saturated carbocycles. The third-order valence-electron chi connectivity index (χ3n) is 4.79. The molecule has 0 bridgehead atoms.